The molecule has 39 valence electrons. The Balaban J connectivity index is -0.0000000267. The molecule has 0 bridgehead atoms. The molecular weight excluding hydrogens is 197 g/mol. The van der Waals surface area contributed by atoms with E-state index in [4.69, 9.17) is 19.2 Å². The third-order valence-electron chi connectivity index (χ3n) is 0. The van der Waals surface area contributed by atoms with Gasteiger partial charge in [-0.3, -0.25) is 0 Å². The van der Waals surface area contributed by atoms with E-state index in [1.54, 1.807) is 0 Å². The van der Waals surface area contributed by atoms with Crippen LogP contribution in [0.1, 0.15) is 0 Å². The Bertz CT molecular complexity index is 62.2. The number of rotatable bonds is 0. The average molecular weight is 197 g/mol. The molecule has 0 spiro atoms. The van der Waals surface area contributed by atoms with Gasteiger partial charge in [-0.25, -0.2) is 0 Å². The number of phosphoric acid groups is 1. The molecule has 0 saturated heterocycles. The third-order valence-corrected chi connectivity index (χ3v) is 0. The molecule has 4 nitrogen and oxygen atoms in total. The quantitative estimate of drug-likeness (QED) is 0.285. The van der Waals surface area contributed by atoms with Gasteiger partial charge in [-0.15, -0.1) is 0 Å². The molecule has 0 aromatic carbocycles. The number of hydrogen-bond acceptors (Lipinski definition) is 4. The van der Waals surface area contributed by atoms with Crippen LogP contribution < -0.4 is 44.2 Å². The van der Waals surface area contributed by atoms with E-state index in [0.717, 1.165) is 0 Å². The van der Waals surface area contributed by atoms with E-state index in [9.17, 15) is 0 Å². The van der Waals surface area contributed by atoms with Gasteiger partial charge >= 0.3 is 52.6 Å². The second-order valence-electron chi connectivity index (χ2n) is 0.447. The summed E-state index contributed by atoms with van der Waals surface area (Å²) in [7, 11) is -5.39. The van der Waals surface area contributed by atoms with Crippen LogP contribution in [0.3, 0.4) is 0 Å². The predicted molar refractivity (Wildman–Crippen MR) is 13.4 cm³/mol. The minimum Gasteiger partial charge on any atom is -0.822 e. The molecule has 1 radical (unpaired) electrons. The summed E-state index contributed by atoms with van der Waals surface area (Å²) in [5.41, 5.74) is 0. The molecule has 0 unspecified atom stereocenters. The van der Waals surface area contributed by atoms with Gasteiger partial charge in [-0.2, -0.15) is 7.82 Å². The predicted octanol–water partition coefficient (Wildman–Crippen LogP) is -6.20. The van der Waals surface area contributed by atoms with Crippen molar-refractivity contribution in [1.29, 1.82) is 0 Å². The second kappa shape index (κ2) is 9.40. The fraction of sp³-hybridized carbons (Fsp3) is 0. The van der Waals surface area contributed by atoms with Gasteiger partial charge < -0.3 is 19.2 Å². The fourth-order valence-electron chi connectivity index (χ4n) is 0. The van der Waals surface area contributed by atoms with Crippen LogP contribution in [0.15, 0.2) is 0 Å². The van der Waals surface area contributed by atoms with Crippen LogP contribution in [0.5, 0.6) is 0 Å². The zero-order valence-electron chi connectivity index (χ0n) is 4.17. The first-order valence-corrected chi connectivity index (χ1v) is 2.19. The standard InChI is InChI=1S/Mg.Mn.Na.H3O4P/c;;;1-5(2,3)4/h;;;(H3,1,2,3,4)/q+2;;+1;/p-3. The fourth-order valence-corrected chi connectivity index (χ4v) is 0. The molecule has 0 aliphatic heterocycles. The maximum absolute atomic E-state index is 8.55. The molecule has 0 rings (SSSR count). The summed E-state index contributed by atoms with van der Waals surface area (Å²) >= 11 is 0. The van der Waals surface area contributed by atoms with Gasteiger partial charge in [0.05, 0.1) is 0 Å². The largest absolute Gasteiger partial charge is 2.00 e. The van der Waals surface area contributed by atoms with Crippen LogP contribution in [-0.4, -0.2) is 23.1 Å². The van der Waals surface area contributed by atoms with Gasteiger partial charge in [0.25, 0.3) is 0 Å². The molecule has 0 amide bonds. The monoisotopic (exact) mass is 197 g/mol. The molecule has 0 N–H and O–H groups in total. The molecule has 0 atom stereocenters. The SMILES string of the molecule is O=P([O-])([O-])[O-].[Mg+2].[Mn].[Na+]. The molecule has 0 aromatic rings. The molecule has 8 heavy (non-hydrogen) atoms. The van der Waals surface area contributed by atoms with Gasteiger partial charge in [-0.1, -0.05) is 0 Å². The summed E-state index contributed by atoms with van der Waals surface area (Å²) in [4.78, 5) is 25.6. The molecular formula is MgMnNaO4P. The van der Waals surface area contributed by atoms with Crippen molar-refractivity contribution >= 4 is 30.9 Å². The number of hydrogen-bond donors (Lipinski definition) is 0. The first-order valence-electron chi connectivity index (χ1n) is 0.730. The van der Waals surface area contributed by atoms with Gasteiger partial charge in [0.15, 0.2) is 0 Å². The van der Waals surface area contributed by atoms with Crippen LogP contribution >= 0.6 is 7.82 Å². The molecule has 0 aliphatic carbocycles. The van der Waals surface area contributed by atoms with Crippen molar-refractivity contribution in [3.63, 3.8) is 0 Å². The van der Waals surface area contributed by atoms with Crippen molar-refractivity contribution in [3.8, 4) is 0 Å². The molecule has 8 heteroatoms. The van der Waals surface area contributed by atoms with E-state index in [1.807, 2.05) is 0 Å². The van der Waals surface area contributed by atoms with Crippen molar-refractivity contribution in [2.24, 2.45) is 0 Å². The van der Waals surface area contributed by atoms with Gasteiger partial charge in [0.2, 0.25) is 0 Å². The Morgan fingerprint density at radius 2 is 1.12 bits per heavy atom. The third kappa shape index (κ3) is 80.0. The average Bonchev–Trinajstić information content (AvgIpc) is 0.722. The molecule has 0 aromatic heterocycles. The summed E-state index contributed by atoms with van der Waals surface area (Å²) in [6, 6.07) is 0. The van der Waals surface area contributed by atoms with Crippen molar-refractivity contribution in [2.75, 3.05) is 0 Å². The maximum Gasteiger partial charge on any atom is 2.00 e. The summed E-state index contributed by atoms with van der Waals surface area (Å²) in [5.74, 6) is 0. The second-order valence-corrected chi connectivity index (χ2v) is 1.34. The minimum absolute atomic E-state index is 0. The van der Waals surface area contributed by atoms with E-state index >= 15 is 0 Å². The molecule has 0 heterocycles. The van der Waals surface area contributed by atoms with E-state index < -0.39 is 7.82 Å². The van der Waals surface area contributed by atoms with Crippen molar-refractivity contribution in [2.45, 2.75) is 0 Å². The topological polar surface area (TPSA) is 86.2 Å². The molecule has 0 aliphatic rings. The van der Waals surface area contributed by atoms with Gasteiger partial charge in [-0.05, 0) is 0 Å². The summed E-state index contributed by atoms with van der Waals surface area (Å²) < 4.78 is 8.55. The van der Waals surface area contributed by atoms with Crippen LogP contribution in [0, 0.1) is 0 Å². The molecule has 0 fully saturated rings. The summed E-state index contributed by atoms with van der Waals surface area (Å²) in [5, 5.41) is 0. The van der Waals surface area contributed by atoms with Crippen molar-refractivity contribution in [3.05, 3.63) is 0 Å². The first kappa shape index (κ1) is 22.4. The van der Waals surface area contributed by atoms with Gasteiger partial charge in [0, 0.05) is 17.1 Å². The Labute approximate surface area is 95.6 Å². The Hall–Kier alpha value is 2.40. The van der Waals surface area contributed by atoms with E-state index in [1.165, 1.54) is 0 Å². The maximum atomic E-state index is 8.55. The van der Waals surface area contributed by atoms with E-state index in [0.29, 0.717) is 0 Å². The van der Waals surface area contributed by atoms with E-state index in [2.05, 4.69) is 0 Å². The Morgan fingerprint density at radius 1 is 1.12 bits per heavy atom. The van der Waals surface area contributed by atoms with Crippen LogP contribution in [0.2, 0.25) is 0 Å². The first-order chi connectivity index (χ1) is 2.00. The minimum atomic E-state index is -5.39. The van der Waals surface area contributed by atoms with E-state index in [-0.39, 0.29) is 69.7 Å². The van der Waals surface area contributed by atoms with Crippen molar-refractivity contribution in [1.82, 2.24) is 0 Å². The summed E-state index contributed by atoms with van der Waals surface area (Å²) in [6.07, 6.45) is 0. The molecule has 0 saturated carbocycles. The van der Waals surface area contributed by atoms with Gasteiger partial charge in [0.1, 0.15) is 0 Å². The Kier molecular flexibility index (Phi) is 26.3. The smallest absolute Gasteiger partial charge is 0.822 e. The Morgan fingerprint density at radius 3 is 1.12 bits per heavy atom. The van der Waals surface area contributed by atoms with Crippen LogP contribution in [0.4, 0.5) is 0 Å². The zero-order chi connectivity index (χ0) is 4.50. The van der Waals surface area contributed by atoms with Crippen LogP contribution in [-0.2, 0) is 21.6 Å². The van der Waals surface area contributed by atoms with Crippen molar-refractivity contribution < 1.29 is 65.9 Å². The van der Waals surface area contributed by atoms with Crippen LogP contribution in [0.25, 0.3) is 0 Å². The zero-order valence-corrected chi connectivity index (χ0v) is 9.65. The normalized spacial score (nSPS) is 7.38. The summed E-state index contributed by atoms with van der Waals surface area (Å²) in [6.45, 7) is 0.